The van der Waals surface area contributed by atoms with Crippen LogP contribution in [0.2, 0.25) is 0 Å². The highest BCUT2D eigenvalue weighted by Gasteiger charge is 2.35. The van der Waals surface area contributed by atoms with Crippen molar-refractivity contribution in [1.29, 1.82) is 0 Å². The molecule has 0 radical (unpaired) electrons. The number of carbonyl (C=O) groups excluding carboxylic acids is 2. The molecule has 2 heterocycles. The Morgan fingerprint density at radius 2 is 1.80 bits per heavy atom. The van der Waals surface area contributed by atoms with Gasteiger partial charge in [-0.25, -0.2) is 8.42 Å². The molecule has 2 saturated heterocycles. The lowest BCUT2D eigenvalue weighted by atomic mass is 10.1. The first-order valence-corrected chi connectivity index (χ1v) is 13.3. The second-order valence-electron chi connectivity index (χ2n) is 8.65. The van der Waals surface area contributed by atoms with Gasteiger partial charge < -0.3 is 19.7 Å². The predicted molar refractivity (Wildman–Crippen MR) is 132 cm³/mol. The number of rotatable bonds is 8. The number of carbonyl (C=O) groups is 2. The predicted octanol–water partition coefficient (Wildman–Crippen LogP) is 3.26. The van der Waals surface area contributed by atoms with Crippen molar-refractivity contribution in [3.63, 3.8) is 0 Å². The Labute approximate surface area is 206 Å². The van der Waals surface area contributed by atoms with E-state index >= 15 is 0 Å². The van der Waals surface area contributed by atoms with E-state index in [4.69, 9.17) is 9.47 Å². The van der Waals surface area contributed by atoms with Crippen molar-refractivity contribution in [1.82, 2.24) is 4.31 Å². The molecule has 2 aliphatic rings. The lowest BCUT2D eigenvalue weighted by Gasteiger charge is -2.26. The zero-order valence-corrected chi connectivity index (χ0v) is 20.8. The molecular formula is C25H31N3O6S. The van der Waals surface area contributed by atoms with Gasteiger partial charge in [-0.05, 0) is 62.2 Å². The largest absolute Gasteiger partial charge is 0.495 e. The minimum Gasteiger partial charge on any atom is -0.495 e. The molecule has 0 bridgehead atoms. The second kappa shape index (κ2) is 10.7. The van der Waals surface area contributed by atoms with Gasteiger partial charge in [0.05, 0.1) is 19.6 Å². The molecule has 35 heavy (non-hydrogen) atoms. The Balaban J connectivity index is 1.48. The zero-order chi connectivity index (χ0) is 25.0. The Hall–Kier alpha value is -3.11. The summed E-state index contributed by atoms with van der Waals surface area (Å²) in [7, 11) is -2.34. The van der Waals surface area contributed by atoms with Crippen LogP contribution >= 0.6 is 0 Å². The van der Waals surface area contributed by atoms with Gasteiger partial charge in [0.25, 0.3) is 0 Å². The van der Waals surface area contributed by atoms with E-state index in [1.165, 1.54) is 17.5 Å². The fraction of sp³-hybridized carbons (Fsp3) is 0.440. The van der Waals surface area contributed by atoms with E-state index < -0.39 is 15.9 Å². The van der Waals surface area contributed by atoms with Crippen molar-refractivity contribution in [3.05, 3.63) is 42.5 Å². The standard InChI is InChI=1S/C25H31N3O6S/c1-3-34-21-10-8-20(9-11-21)28-17-18(15-24(28)29)25(30)26-19-7-12-22(33-2)23(16-19)35(31,32)27-13-5-4-6-14-27/h7-12,16,18H,3-6,13-15,17H2,1-2H3,(H,26,30)/t18-/m0/s1. The zero-order valence-electron chi connectivity index (χ0n) is 20.0. The Morgan fingerprint density at radius 3 is 2.46 bits per heavy atom. The van der Waals surface area contributed by atoms with Gasteiger partial charge in [0, 0.05) is 37.4 Å². The molecule has 10 heteroatoms. The molecule has 4 rings (SSSR count). The highest BCUT2D eigenvalue weighted by Crippen LogP contribution is 2.32. The minimum absolute atomic E-state index is 0.0261. The van der Waals surface area contributed by atoms with Gasteiger partial charge >= 0.3 is 0 Å². The molecule has 0 unspecified atom stereocenters. The molecule has 0 saturated carbocycles. The number of hydrogen-bond donors (Lipinski definition) is 1. The van der Waals surface area contributed by atoms with Crippen LogP contribution in [0.4, 0.5) is 11.4 Å². The Kier molecular flexibility index (Phi) is 7.61. The normalized spacial score (nSPS) is 19.0. The average molecular weight is 502 g/mol. The van der Waals surface area contributed by atoms with E-state index in [1.807, 2.05) is 6.92 Å². The molecule has 2 aliphatic heterocycles. The molecule has 0 aliphatic carbocycles. The third-order valence-electron chi connectivity index (χ3n) is 6.32. The van der Waals surface area contributed by atoms with Crippen molar-refractivity contribution >= 4 is 33.2 Å². The summed E-state index contributed by atoms with van der Waals surface area (Å²) in [6, 6.07) is 11.8. The van der Waals surface area contributed by atoms with Crippen molar-refractivity contribution in [2.45, 2.75) is 37.5 Å². The number of methoxy groups -OCH3 is 1. The molecule has 2 fully saturated rings. The Morgan fingerprint density at radius 1 is 1.09 bits per heavy atom. The van der Waals surface area contributed by atoms with Gasteiger partial charge in [-0.15, -0.1) is 0 Å². The average Bonchev–Trinajstić information content (AvgIpc) is 3.27. The summed E-state index contributed by atoms with van der Waals surface area (Å²) in [6.45, 7) is 3.63. The molecule has 1 N–H and O–H groups in total. The number of sulfonamides is 1. The van der Waals surface area contributed by atoms with Crippen LogP contribution in [-0.4, -0.2) is 57.9 Å². The summed E-state index contributed by atoms with van der Waals surface area (Å²) in [5, 5.41) is 2.79. The van der Waals surface area contributed by atoms with Gasteiger partial charge in [0.2, 0.25) is 21.8 Å². The fourth-order valence-corrected chi connectivity index (χ4v) is 6.17. The SMILES string of the molecule is CCOc1ccc(N2C[C@@H](C(=O)Nc3ccc(OC)c(S(=O)(=O)N4CCCCC4)c3)CC2=O)cc1. The first kappa shape index (κ1) is 25.0. The van der Waals surface area contributed by atoms with Gasteiger partial charge in [-0.1, -0.05) is 6.42 Å². The van der Waals surface area contributed by atoms with E-state index in [2.05, 4.69) is 5.32 Å². The summed E-state index contributed by atoms with van der Waals surface area (Å²) >= 11 is 0. The maximum absolute atomic E-state index is 13.2. The lowest BCUT2D eigenvalue weighted by Crippen LogP contribution is -2.35. The topological polar surface area (TPSA) is 105 Å². The number of anilines is 2. The maximum atomic E-state index is 13.2. The summed E-state index contributed by atoms with van der Waals surface area (Å²) in [4.78, 5) is 27.2. The highest BCUT2D eigenvalue weighted by atomic mass is 32.2. The summed E-state index contributed by atoms with van der Waals surface area (Å²) < 4.78 is 38.7. The highest BCUT2D eigenvalue weighted by molar-refractivity contribution is 7.89. The fourth-order valence-electron chi connectivity index (χ4n) is 4.47. The van der Waals surface area contributed by atoms with Crippen LogP contribution in [0.1, 0.15) is 32.6 Å². The van der Waals surface area contributed by atoms with Crippen molar-refractivity contribution in [2.75, 3.05) is 43.6 Å². The third-order valence-corrected chi connectivity index (χ3v) is 8.24. The monoisotopic (exact) mass is 501 g/mol. The first-order chi connectivity index (χ1) is 16.8. The molecule has 188 valence electrons. The third kappa shape index (κ3) is 5.43. The molecule has 2 aromatic rings. The minimum atomic E-state index is -3.76. The van der Waals surface area contributed by atoms with Crippen LogP contribution in [0.25, 0.3) is 0 Å². The van der Waals surface area contributed by atoms with Crippen molar-refractivity contribution in [2.24, 2.45) is 5.92 Å². The lowest BCUT2D eigenvalue weighted by molar-refractivity contribution is -0.122. The van der Waals surface area contributed by atoms with Crippen LogP contribution in [-0.2, 0) is 19.6 Å². The van der Waals surface area contributed by atoms with Gasteiger partial charge in [-0.2, -0.15) is 4.31 Å². The number of piperidine rings is 1. The van der Waals surface area contributed by atoms with E-state index in [0.29, 0.717) is 36.8 Å². The second-order valence-corrected chi connectivity index (χ2v) is 10.6. The maximum Gasteiger partial charge on any atom is 0.246 e. The van der Waals surface area contributed by atoms with Crippen LogP contribution < -0.4 is 19.7 Å². The smallest absolute Gasteiger partial charge is 0.246 e. The van der Waals surface area contributed by atoms with Crippen molar-refractivity contribution in [3.8, 4) is 11.5 Å². The number of amides is 2. The van der Waals surface area contributed by atoms with Crippen LogP contribution in [0.15, 0.2) is 47.4 Å². The molecule has 1 atom stereocenters. The van der Waals surface area contributed by atoms with E-state index in [1.54, 1.807) is 41.3 Å². The van der Waals surface area contributed by atoms with E-state index in [-0.39, 0.29) is 35.4 Å². The van der Waals surface area contributed by atoms with Crippen LogP contribution in [0.5, 0.6) is 11.5 Å². The summed E-state index contributed by atoms with van der Waals surface area (Å²) in [5.41, 5.74) is 1.05. The molecule has 2 aromatic carbocycles. The number of benzene rings is 2. The van der Waals surface area contributed by atoms with Gasteiger partial charge in [-0.3, -0.25) is 9.59 Å². The number of nitrogens with one attached hydrogen (secondary N) is 1. The van der Waals surface area contributed by atoms with Gasteiger partial charge in [0.15, 0.2) is 0 Å². The van der Waals surface area contributed by atoms with E-state index in [9.17, 15) is 18.0 Å². The van der Waals surface area contributed by atoms with Crippen molar-refractivity contribution < 1.29 is 27.5 Å². The molecule has 9 nitrogen and oxygen atoms in total. The van der Waals surface area contributed by atoms with Crippen LogP contribution in [0.3, 0.4) is 0 Å². The number of ether oxygens (including phenoxy) is 2. The molecule has 0 aromatic heterocycles. The molecule has 0 spiro atoms. The first-order valence-electron chi connectivity index (χ1n) is 11.9. The Bertz CT molecular complexity index is 1180. The number of nitrogens with zero attached hydrogens (tertiary/aromatic N) is 2. The van der Waals surface area contributed by atoms with Crippen LogP contribution in [0, 0.1) is 5.92 Å². The molecule has 2 amide bonds. The van der Waals surface area contributed by atoms with E-state index in [0.717, 1.165) is 19.3 Å². The quantitative estimate of drug-likeness (QED) is 0.595. The summed E-state index contributed by atoms with van der Waals surface area (Å²) in [6.07, 6.45) is 2.72. The van der Waals surface area contributed by atoms with Gasteiger partial charge in [0.1, 0.15) is 16.4 Å². The summed E-state index contributed by atoms with van der Waals surface area (Å²) in [5.74, 6) is -0.0905. The molecular weight excluding hydrogens is 470 g/mol. The number of hydrogen-bond acceptors (Lipinski definition) is 6.